The number of anilines is 1. The Balaban J connectivity index is 0.000000437. The molecule has 6 nitrogen and oxygen atoms in total. The molecule has 0 aromatic heterocycles. The van der Waals surface area contributed by atoms with Crippen LogP contribution in [0.25, 0.3) is 0 Å². The normalized spacial score (nSPS) is 11.5. The minimum absolute atomic E-state index is 0.0787. The van der Waals surface area contributed by atoms with Crippen LogP contribution in [-0.2, 0) is 4.57 Å². The summed E-state index contributed by atoms with van der Waals surface area (Å²) in [7, 11) is -4.64. The van der Waals surface area contributed by atoms with Crippen molar-refractivity contribution < 1.29 is 32.4 Å². The maximum absolute atomic E-state index is 11.9. The third kappa shape index (κ3) is 8.66. The SMILES string of the molecule is NN(c1ccccc1)C(F)(F)F.O=P(O)(O)O. The number of hydrogen-bond donors (Lipinski definition) is 4. The first kappa shape index (κ1) is 15.9. The molecule has 1 aromatic rings. The molecule has 17 heavy (non-hydrogen) atoms. The number of phosphoric acid groups is 1. The molecule has 0 unspecified atom stereocenters. The first-order valence-corrected chi connectivity index (χ1v) is 5.53. The summed E-state index contributed by atoms with van der Waals surface area (Å²) >= 11 is 0. The monoisotopic (exact) mass is 274 g/mol. The minimum atomic E-state index is -4.64. The molecule has 0 heterocycles. The van der Waals surface area contributed by atoms with E-state index in [1.807, 2.05) is 0 Å². The lowest BCUT2D eigenvalue weighted by Crippen LogP contribution is -2.43. The maximum Gasteiger partial charge on any atom is 0.498 e. The van der Waals surface area contributed by atoms with Gasteiger partial charge in [-0.05, 0) is 12.1 Å². The third-order valence-electron chi connectivity index (χ3n) is 1.31. The van der Waals surface area contributed by atoms with Gasteiger partial charge in [0, 0.05) is 0 Å². The number of nitrogens with zero attached hydrogens (tertiary/aromatic N) is 1. The number of hydrazine groups is 1. The van der Waals surface area contributed by atoms with Crippen molar-refractivity contribution in [3.63, 3.8) is 0 Å². The highest BCUT2D eigenvalue weighted by molar-refractivity contribution is 7.45. The molecule has 0 saturated carbocycles. The molecule has 0 fully saturated rings. The average Bonchev–Trinajstić information content (AvgIpc) is 2.14. The van der Waals surface area contributed by atoms with E-state index in [0.717, 1.165) is 0 Å². The highest BCUT2D eigenvalue weighted by Gasteiger charge is 2.35. The van der Waals surface area contributed by atoms with Crippen molar-refractivity contribution in [2.24, 2.45) is 5.84 Å². The molecule has 0 aliphatic carbocycles. The van der Waals surface area contributed by atoms with Gasteiger partial charge >= 0.3 is 14.1 Å². The number of halogens is 3. The Labute approximate surface area is 94.3 Å². The fraction of sp³-hybridized carbons (Fsp3) is 0.143. The van der Waals surface area contributed by atoms with Crippen molar-refractivity contribution in [3.05, 3.63) is 30.3 Å². The van der Waals surface area contributed by atoms with Crippen molar-refractivity contribution in [1.29, 1.82) is 0 Å². The summed E-state index contributed by atoms with van der Waals surface area (Å²) < 4.78 is 44.7. The average molecular weight is 274 g/mol. The van der Waals surface area contributed by atoms with Crippen LogP contribution in [0.15, 0.2) is 30.3 Å². The summed E-state index contributed by atoms with van der Waals surface area (Å²) in [6, 6.07) is 7.16. The van der Waals surface area contributed by atoms with Crippen molar-refractivity contribution in [2.45, 2.75) is 6.30 Å². The summed E-state index contributed by atoms with van der Waals surface area (Å²) in [4.78, 5) is 21.6. The van der Waals surface area contributed by atoms with E-state index in [9.17, 15) is 13.2 Å². The summed E-state index contributed by atoms with van der Waals surface area (Å²) in [6.07, 6.45) is -4.53. The van der Waals surface area contributed by atoms with Crippen LogP contribution >= 0.6 is 7.82 Å². The van der Waals surface area contributed by atoms with Gasteiger partial charge in [0.15, 0.2) is 0 Å². The predicted octanol–water partition coefficient (Wildman–Crippen LogP) is 0.958. The fourth-order valence-electron chi connectivity index (χ4n) is 0.735. The molecular formula is C7H10F3N2O4P. The van der Waals surface area contributed by atoms with Crippen molar-refractivity contribution in [1.82, 2.24) is 0 Å². The number of hydrogen-bond acceptors (Lipinski definition) is 3. The Kier molecular flexibility index (Phi) is 5.59. The van der Waals surface area contributed by atoms with E-state index in [4.69, 9.17) is 25.1 Å². The maximum atomic E-state index is 11.9. The summed E-state index contributed by atoms with van der Waals surface area (Å²) in [6.45, 7) is 0. The zero-order valence-electron chi connectivity index (χ0n) is 8.24. The van der Waals surface area contributed by atoms with Crippen LogP contribution in [0.1, 0.15) is 0 Å². The van der Waals surface area contributed by atoms with Gasteiger partial charge in [0.05, 0.1) is 5.69 Å². The third-order valence-corrected chi connectivity index (χ3v) is 1.31. The number of para-hydroxylation sites is 1. The van der Waals surface area contributed by atoms with E-state index < -0.39 is 14.1 Å². The molecule has 98 valence electrons. The van der Waals surface area contributed by atoms with Crippen LogP contribution < -0.4 is 10.9 Å². The lowest BCUT2D eigenvalue weighted by molar-refractivity contribution is -0.129. The summed E-state index contributed by atoms with van der Waals surface area (Å²) in [5.74, 6) is 4.78. The van der Waals surface area contributed by atoms with Gasteiger partial charge in [-0.15, -0.1) is 13.2 Å². The second kappa shape index (κ2) is 5.99. The largest absolute Gasteiger partial charge is 0.498 e. The molecule has 0 aliphatic rings. The molecular weight excluding hydrogens is 264 g/mol. The molecule has 1 rings (SSSR count). The Hall–Kier alpha value is -1.12. The molecule has 5 N–H and O–H groups in total. The first-order valence-electron chi connectivity index (χ1n) is 3.97. The van der Waals surface area contributed by atoms with E-state index in [2.05, 4.69) is 0 Å². The van der Waals surface area contributed by atoms with Gasteiger partial charge in [0.25, 0.3) is 0 Å². The highest BCUT2D eigenvalue weighted by atomic mass is 31.2. The smallest absolute Gasteiger partial charge is 0.303 e. The van der Waals surface area contributed by atoms with E-state index >= 15 is 0 Å². The van der Waals surface area contributed by atoms with Crippen LogP contribution in [0, 0.1) is 0 Å². The van der Waals surface area contributed by atoms with E-state index in [0.29, 0.717) is 0 Å². The molecule has 0 atom stereocenters. The number of alkyl halides is 3. The zero-order valence-corrected chi connectivity index (χ0v) is 9.14. The second-order valence-corrected chi connectivity index (χ2v) is 3.71. The van der Waals surface area contributed by atoms with Gasteiger partial charge in [-0.1, -0.05) is 18.2 Å². The van der Waals surface area contributed by atoms with Gasteiger partial charge in [0.1, 0.15) is 0 Å². The van der Waals surface area contributed by atoms with Crippen LogP contribution in [0.3, 0.4) is 0 Å². The standard InChI is InChI=1S/C7H7F3N2.H3O4P/c8-7(9,10)12(11)6-4-2-1-3-5-6;1-5(2,3)4/h1-5H,11H2;(H3,1,2,3,4). The van der Waals surface area contributed by atoms with E-state index in [1.54, 1.807) is 6.07 Å². The molecule has 0 saturated heterocycles. The second-order valence-electron chi connectivity index (χ2n) is 2.69. The van der Waals surface area contributed by atoms with Gasteiger partial charge in [-0.25, -0.2) is 15.4 Å². The zero-order chi connectivity index (χ0) is 13.7. The van der Waals surface area contributed by atoms with E-state index in [1.165, 1.54) is 24.3 Å². The number of rotatable bonds is 1. The molecule has 10 heteroatoms. The van der Waals surface area contributed by atoms with Crippen molar-refractivity contribution in [2.75, 3.05) is 5.01 Å². The Morgan fingerprint density at radius 1 is 1.12 bits per heavy atom. The summed E-state index contributed by atoms with van der Waals surface area (Å²) in [5, 5.41) is -0.229. The molecule has 0 radical (unpaired) electrons. The minimum Gasteiger partial charge on any atom is -0.303 e. The van der Waals surface area contributed by atoms with Crippen LogP contribution in [0.5, 0.6) is 0 Å². The number of nitrogens with two attached hydrogens (primary N) is 1. The van der Waals surface area contributed by atoms with Crippen LogP contribution in [0.4, 0.5) is 18.9 Å². The lowest BCUT2D eigenvalue weighted by atomic mass is 10.3. The van der Waals surface area contributed by atoms with Crippen molar-refractivity contribution in [3.8, 4) is 0 Å². The Morgan fingerprint density at radius 2 is 1.47 bits per heavy atom. The van der Waals surface area contributed by atoms with Crippen molar-refractivity contribution >= 4 is 13.5 Å². The van der Waals surface area contributed by atoms with Gasteiger partial charge in [-0.3, -0.25) is 0 Å². The molecule has 0 aliphatic heterocycles. The van der Waals surface area contributed by atoms with Gasteiger partial charge < -0.3 is 14.7 Å². The highest BCUT2D eigenvalue weighted by Crippen LogP contribution is 2.26. The first-order chi connectivity index (χ1) is 7.52. The van der Waals surface area contributed by atoms with Gasteiger partial charge in [-0.2, -0.15) is 0 Å². The number of benzene rings is 1. The van der Waals surface area contributed by atoms with Crippen LogP contribution in [0.2, 0.25) is 0 Å². The fourth-order valence-corrected chi connectivity index (χ4v) is 0.735. The molecule has 0 bridgehead atoms. The topological polar surface area (TPSA) is 107 Å². The van der Waals surface area contributed by atoms with Gasteiger partial charge in [0.2, 0.25) is 0 Å². The van der Waals surface area contributed by atoms with Crippen LogP contribution in [-0.4, -0.2) is 21.0 Å². The molecule has 0 amide bonds. The Bertz CT molecular complexity index is 372. The quantitative estimate of drug-likeness (QED) is 0.263. The molecule has 1 aromatic carbocycles. The summed E-state index contributed by atoms with van der Waals surface area (Å²) in [5.41, 5.74) is -0.0787. The van der Waals surface area contributed by atoms with E-state index in [-0.39, 0.29) is 10.7 Å². The Morgan fingerprint density at radius 3 is 1.76 bits per heavy atom. The predicted molar refractivity (Wildman–Crippen MR) is 53.4 cm³/mol. The molecule has 0 spiro atoms. The lowest BCUT2D eigenvalue weighted by Gasteiger charge is -2.20.